The smallest absolute Gasteiger partial charge is 0.290 e. The molecule has 1 aromatic heterocycles. The maximum absolute atomic E-state index is 13.1. The minimum atomic E-state index is -0.779. The van der Waals surface area contributed by atoms with Crippen molar-refractivity contribution in [2.24, 2.45) is 5.41 Å². The average molecular weight is 383 g/mol. The number of furan rings is 1. The molecule has 2 heterocycles. The Labute approximate surface area is 164 Å². The van der Waals surface area contributed by atoms with E-state index in [0.717, 1.165) is 5.56 Å². The molecule has 0 bridgehead atoms. The van der Waals surface area contributed by atoms with E-state index in [-0.39, 0.29) is 17.9 Å². The lowest BCUT2D eigenvalue weighted by Crippen LogP contribution is -2.32. The number of nitrogens with zero attached hydrogens (tertiary/aromatic N) is 1. The Bertz CT molecular complexity index is 948. The Morgan fingerprint density at radius 3 is 2.54 bits per heavy atom. The fourth-order valence-corrected chi connectivity index (χ4v) is 3.32. The maximum Gasteiger partial charge on any atom is 0.290 e. The topological polar surface area (TPSA) is 80.0 Å². The van der Waals surface area contributed by atoms with E-state index in [2.05, 4.69) is 0 Å². The molecule has 0 saturated carbocycles. The first kappa shape index (κ1) is 19.7. The van der Waals surface area contributed by atoms with Gasteiger partial charge in [-0.05, 0) is 36.8 Å². The molecule has 0 aliphatic carbocycles. The summed E-state index contributed by atoms with van der Waals surface area (Å²) in [5, 5.41) is 10.6. The number of carbonyl (C=O) groups is 2. The molecule has 6 heteroatoms. The van der Waals surface area contributed by atoms with Crippen molar-refractivity contribution < 1.29 is 23.8 Å². The van der Waals surface area contributed by atoms with Gasteiger partial charge in [-0.3, -0.25) is 9.59 Å². The number of aryl methyl sites for hydroxylation is 1. The van der Waals surface area contributed by atoms with E-state index in [1.54, 1.807) is 46.9 Å². The second-order valence-corrected chi connectivity index (χ2v) is 7.98. The molecule has 3 rings (SSSR count). The van der Waals surface area contributed by atoms with Gasteiger partial charge in [-0.25, -0.2) is 0 Å². The van der Waals surface area contributed by atoms with Crippen molar-refractivity contribution in [3.63, 3.8) is 0 Å². The Morgan fingerprint density at radius 1 is 1.25 bits per heavy atom. The summed E-state index contributed by atoms with van der Waals surface area (Å²) in [6, 6.07) is 10.1. The van der Waals surface area contributed by atoms with Gasteiger partial charge in [-0.1, -0.05) is 32.9 Å². The minimum absolute atomic E-state index is 0.0785. The highest BCUT2D eigenvalue weighted by atomic mass is 16.5. The van der Waals surface area contributed by atoms with Crippen LogP contribution in [0.1, 0.15) is 43.9 Å². The molecule has 0 saturated heterocycles. The number of hydrogen-bond donors (Lipinski definition) is 1. The van der Waals surface area contributed by atoms with Crippen molar-refractivity contribution in [3.8, 4) is 5.75 Å². The molecule has 1 amide bonds. The Kier molecular flexibility index (Phi) is 5.06. The maximum atomic E-state index is 13.1. The van der Waals surface area contributed by atoms with E-state index >= 15 is 0 Å². The lowest BCUT2D eigenvalue weighted by atomic mass is 9.83. The predicted octanol–water partition coefficient (Wildman–Crippen LogP) is 4.11. The van der Waals surface area contributed by atoms with Crippen LogP contribution in [0.4, 0.5) is 0 Å². The van der Waals surface area contributed by atoms with Gasteiger partial charge >= 0.3 is 0 Å². The highest BCUT2D eigenvalue weighted by Crippen LogP contribution is 2.42. The van der Waals surface area contributed by atoms with Crippen LogP contribution >= 0.6 is 0 Å². The van der Waals surface area contributed by atoms with Gasteiger partial charge in [0.15, 0.2) is 11.5 Å². The second-order valence-electron chi connectivity index (χ2n) is 7.98. The zero-order valence-corrected chi connectivity index (χ0v) is 16.8. The van der Waals surface area contributed by atoms with Crippen molar-refractivity contribution >= 4 is 11.7 Å². The molecule has 6 nitrogen and oxygen atoms in total. The number of Topliss-reactive ketones (excluding diaryl/α,β-unsaturated/α-hetero) is 1. The number of methoxy groups -OCH3 is 1. The molecule has 0 fully saturated rings. The van der Waals surface area contributed by atoms with Crippen LogP contribution in [-0.2, 0) is 16.1 Å². The molecule has 0 radical (unpaired) electrons. The number of amides is 1. The summed E-state index contributed by atoms with van der Waals surface area (Å²) in [7, 11) is 1.57. The molecule has 1 N–H and O–H groups in total. The third-order valence-electron chi connectivity index (χ3n) is 4.75. The third kappa shape index (κ3) is 3.54. The highest BCUT2D eigenvalue weighted by Gasteiger charge is 2.47. The lowest BCUT2D eigenvalue weighted by Gasteiger charge is -2.27. The van der Waals surface area contributed by atoms with Crippen molar-refractivity contribution in [2.45, 2.75) is 40.3 Å². The molecular formula is C22H25NO5. The zero-order chi connectivity index (χ0) is 20.6. The standard InChI is InChI=1S/C22H25NO5/c1-13-9-10-16(28-13)18-17(20(25)22(2,3)4)19(24)21(26)23(18)12-14-7-6-8-15(11-14)27-5/h6-11,18,24H,12H2,1-5H3. The van der Waals surface area contributed by atoms with Crippen LogP contribution in [-0.4, -0.2) is 28.8 Å². The monoisotopic (exact) mass is 383 g/mol. The van der Waals surface area contributed by atoms with Crippen molar-refractivity contribution in [1.29, 1.82) is 0 Å². The Balaban J connectivity index is 2.06. The number of aliphatic hydroxyl groups excluding tert-OH is 1. The zero-order valence-electron chi connectivity index (χ0n) is 16.8. The van der Waals surface area contributed by atoms with Crippen LogP contribution in [0.25, 0.3) is 0 Å². The van der Waals surface area contributed by atoms with Crippen LogP contribution in [0.15, 0.2) is 52.1 Å². The van der Waals surface area contributed by atoms with Crippen LogP contribution in [0.2, 0.25) is 0 Å². The molecule has 1 unspecified atom stereocenters. The third-order valence-corrected chi connectivity index (χ3v) is 4.75. The summed E-state index contributed by atoms with van der Waals surface area (Å²) in [4.78, 5) is 27.4. The van der Waals surface area contributed by atoms with Gasteiger partial charge in [0.25, 0.3) is 5.91 Å². The van der Waals surface area contributed by atoms with Gasteiger partial charge < -0.3 is 19.2 Å². The SMILES string of the molecule is COc1cccc(CN2C(=O)C(O)=C(C(=O)C(C)(C)C)C2c2ccc(C)o2)c1. The Hall–Kier alpha value is -3.02. The minimum Gasteiger partial charge on any atom is -0.503 e. The van der Waals surface area contributed by atoms with Crippen LogP contribution in [0.3, 0.4) is 0 Å². The van der Waals surface area contributed by atoms with E-state index in [9.17, 15) is 14.7 Å². The first-order chi connectivity index (χ1) is 13.1. The molecule has 28 heavy (non-hydrogen) atoms. The van der Waals surface area contributed by atoms with Gasteiger partial charge in [0.1, 0.15) is 23.3 Å². The fraction of sp³-hybridized carbons (Fsp3) is 0.364. The van der Waals surface area contributed by atoms with Crippen LogP contribution in [0, 0.1) is 12.3 Å². The number of rotatable bonds is 5. The molecule has 2 aromatic rings. The first-order valence-corrected chi connectivity index (χ1v) is 9.11. The number of hydrogen-bond acceptors (Lipinski definition) is 5. The number of ether oxygens (including phenoxy) is 1. The van der Waals surface area contributed by atoms with Gasteiger partial charge in [-0.2, -0.15) is 0 Å². The largest absolute Gasteiger partial charge is 0.503 e. The van der Waals surface area contributed by atoms with E-state index in [4.69, 9.17) is 9.15 Å². The summed E-state index contributed by atoms with van der Waals surface area (Å²) >= 11 is 0. The van der Waals surface area contributed by atoms with Crippen molar-refractivity contribution in [1.82, 2.24) is 4.90 Å². The van der Waals surface area contributed by atoms with Crippen LogP contribution in [0.5, 0.6) is 5.75 Å². The van der Waals surface area contributed by atoms with Crippen molar-refractivity contribution in [2.75, 3.05) is 7.11 Å². The summed E-state index contributed by atoms with van der Waals surface area (Å²) in [6.07, 6.45) is 0. The summed E-state index contributed by atoms with van der Waals surface area (Å²) in [5.41, 5.74) is 0.142. The Morgan fingerprint density at radius 2 is 1.96 bits per heavy atom. The number of ketones is 1. The lowest BCUT2D eigenvalue weighted by molar-refractivity contribution is -0.130. The predicted molar refractivity (Wildman–Crippen MR) is 104 cm³/mol. The fourth-order valence-electron chi connectivity index (χ4n) is 3.32. The van der Waals surface area contributed by atoms with Gasteiger partial charge in [0, 0.05) is 12.0 Å². The van der Waals surface area contributed by atoms with Gasteiger partial charge in [0.05, 0.1) is 12.7 Å². The molecule has 1 atom stereocenters. The number of benzene rings is 1. The van der Waals surface area contributed by atoms with Gasteiger partial charge in [0.2, 0.25) is 0 Å². The summed E-state index contributed by atoms with van der Waals surface area (Å²) in [5.74, 6) is 0.391. The number of aliphatic hydroxyl groups is 1. The molecule has 148 valence electrons. The van der Waals surface area contributed by atoms with Crippen molar-refractivity contribution in [3.05, 3.63) is 64.8 Å². The summed E-state index contributed by atoms with van der Waals surface area (Å²) < 4.78 is 11.0. The van der Waals surface area contributed by atoms with E-state index < -0.39 is 23.1 Å². The van der Waals surface area contributed by atoms with Crippen LogP contribution < -0.4 is 4.74 Å². The van der Waals surface area contributed by atoms with E-state index in [0.29, 0.717) is 17.3 Å². The average Bonchev–Trinajstić information content (AvgIpc) is 3.17. The molecule has 1 aliphatic rings. The molecule has 1 aromatic carbocycles. The quantitative estimate of drug-likeness (QED) is 0.840. The van der Waals surface area contributed by atoms with Gasteiger partial charge in [-0.15, -0.1) is 0 Å². The molecule has 1 aliphatic heterocycles. The highest BCUT2D eigenvalue weighted by molar-refractivity contribution is 6.10. The second kappa shape index (κ2) is 7.19. The normalized spacial score (nSPS) is 17.4. The summed E-state index contributed by atoms with van der Waals surface area (Å²) in [6.45, 7) is 7.27. The number of carbonyl (C=O) groups excluding carboxylic acids is 2. The van der Waals surface area contributed by atoms with E-state index in [1.165, 1.54) is 4.90 Å². The van der Waals surface area contributed by atoms with E-state index in [1.807, 2.05) is 24.3 Å². The molecular weight excluding hydrogens is 358 g/mol. The first-order valence-electron chi connectivity index (χ1n) is 9.11. The molecule has 0 spiro atoms.